The number of hydrogen-bond donors (Lipinski definition) is 0. The van der Waals surface area contributed by atoms with Gasteiger partial charge in [0.15, 0.2) is 0 Å². The number of rotatable bonds is 5. The molecule has 2 amide bonds. The van der Waals surface area contributed by atoms with Gasteiger partial charge in [-0.3, -0.25) is 9.59 Å². The quantitative estimate of drug-likeness (QED) is 0.403. The number of carbonyl (C=O) groups is 2. The second kappa shape index (κ2) is 9.32. The van der Waals surface area contributed by atoms with Gasteiger partial charge in [0.1, 0.15) is 6.54 Å². The van der Waals surface area contributed by atoms with Crippen molar-refractivity contribution in [2.75, 3.05) is 13.1 Å². The molecular formula is C26H22ClF3N2O2S. The van der Waals surface area contributed by atoms with Gasteiger partial charge in [-0.2, -0.15) is 13.2 Å². The molecule has 1 atom stereocenters. The molecule has 1 aliphatic carbocycles. The van der Waals surface area contributed by atoms with Crippen LogP contribution in [0, 0.1) is 0 Å². The van der Waals surface area contributed by atoms with Crippen molar-refractivity contribution >= 4 is 34.8 Å². The first-order valence-corrected chi connectivity index (χ1v) is 12.6. The van der Waals surface area contributed by atoms with Gasteiger partial charge < -0.3 is 9.80 Å². The number of hydrogen-bond acceptors (Lipinski definition) is 3. The molecule has 1 aromatic heterocycles. The molecular weight excluding hydrogens is 497 g/mol. The number of fused-ring (bicyclic) bond motifs is 1. The van der Waals surface area contributed by atoms with Crippen LogP contribution in [0.1, 0.15) is 50.8 Å². The molecule has 9 heteroatoms. The molecule has 1 unspecified atom stereocenters. The number of carbonyl (C=O) groups excluding carboxylic acids is 2. The smallest absolute Gasteiger partial charge is 0.330 e. The van der Waals surface area contributed by atoms with E-state index in [0.717, 1.165) is 36.1 Å². The van der Waals surface area contributed by atoms with E-state index in [2.05, 4.69) is 0 Å². The highest BCUT2D eigenvalue weighted by atomic mass is 35.5. The Morgan fingerprint density at radius 3 is 2.51 bits per heavy atom. The Morgan fingerprint density at radius 1 is 1.09 bits per heavy atom. The van der Waals surface area contributed by atoms with Gasteiger partial charge in [-0.05, 0) is 72.2 Å². The Kier molecular flexibility index (Phi) is 6.36. The lowest BCUT2D eigenvalue weighted by molar-refractivity contribution is -0.137. The zero-order chi connectivity index (χ0) is 24.7. The minimum Gasteiger partial charge on any atom is -0.330 e. The molecule has 2 aliphatic rings. The van der Waals surface area contributed by atoms with E-state index in [0.29, 0.717) is 18.0 Å². The summed E-state index contributed by atoms with van der Waals surface area (Å²) in [5, 5.41) is 2.61. The largest absolute Gasteiger partial charge is 0.416 e. The summed E-state index contributed by atoms with van der Waals surface area (Å²) >= 11 is 7.73. The number of halogens is 4. The van der Waals surface area contributed by atoms with Gasteiger partial charge in [-0.1, -0.05) is 29.8 Å². The number of amides is 2. The highest BCUT2D eigenvalue weighted by molar-refractivity contribution is 7.10. The van der Waals surface area contributed by atoms with Crippen LogP contribution in [0.4, 0.5) is 13.2 Å². The van der Waals surface area contributed by atoms with Crippen molar-refractivity contribution in [3.63, 3.8) is 0 Å². The van der Waals surface area contributed by atoms with Crippen LogP contribution in [0.2, 0.25) is 5.02 Å². The van der Waals surface area contributed by atoms with Gasteiger partial charge in [0.2, 0.25) is 5.91 Å². The Hall–Kier alpha value is -2.84. The molecule has 0 spiro atoms. The van der Waals surface area contributed by atoms with E-state index < -0.39 is 17.6 Å². The van der Waals surface area contributed by atoms with Gasteiger partial charge in [0.25, 0.3) is 5.91 Å². The van der Waals surface area contributed by atoms with Crippen molar-refractivity contribution in [3.8, 4) is 0 Å². The van der Waals surface area contributed by atoms with E-state index in [1.807, 2.05) is 23.6 Å². The molecule has 2 aromatic carbocycles. The summed E-state index contributed by atoms with van der Waals surface area (Å²) < 4.78 is 39.6. The summed E-state index contributed by atoms with van der Waals surface area (Å²) in [6.07, 6.45) is -2.37. The van der Waals surface area contributed by atoms with Crippen LogP contribution in [0.3, 0.4) is 0 Å². The lowest BCUT2D eigenvalue weighted by Gasteiger charge is -2.37. The monoisotopic (exact) mass is 518 g/mol. The van der Waals surface area contributed by atoms with E-state index in [9.17, 15) is 22.8 Å². The summed E-state index contributed by atoms with van der Waals surface area (Å²) in [7, 11) is 0. The van der Waals surface area contributed by atoms with Crippen molar-refractivity contribution in [2.45, 2.75) is 37.5 Å². The SMILES string of the molecule is O=C(c1cccc(C(F)(F)F)c1)N(CC(=O)N1CCc2sccc2C1c1ccc(Cl)cc1)C1CC1. The Morgan fingerprint density at radius 2 is 1.83 bits per heavy atom. The minimum absolute atomic E-state index is 0.0625. The topological polar surface area (TPSA) is 40.6 Å². The minimum atomic E-state index is -4.55. The number of alkyl halides is 3. The van der Waals surface area contributed by atoms with Crippen molar-refractivity contribution in [1.82, 2.24) is 9.80 Å². The van der Waals surface area contributed by atoms with Crippen molar-refractivity contribution < 1.29 is 22.8 Å². The van der Waals surface area contributed by atoms with Crippen molar-refractivity contribution in [1.29, 1.82) is 0 Å². The summed E-state index contributed by atoms with van der Waals surface area (Å²) in [5.74, 6) is -0.780. The molecule has 1 fully saturated rings. The van der Waals surface area contributed by atoms with Crippen LogP contribution in [0.5, 0.6) is 0 Å². The predicted octanol–water partition coefficient (Wildman–Crippen LogP) is 6.20. The first-order valence-electron chi connectivity index (χ1n) is 11.3. The van der Waals surface area contributed by atoms with E-state index >= 15 is 0 Å². The van der Waals surface area contributed by atoms with E-state index in [1.165, 1.54) is 21.9 Å². The summed E-state index contributed by atoms with van der Waals surface area (Å²) in [6, 6.07) is 13.3. The van der Waals surface area contributed by atoms with Crippen LogP contribution >= 0.6 is 22.9 Å². The first kappa shape index (κ1) is 23.9. The van der Waals surface area contributed by atoms with Gasteiger partial charge in [-0.25, -0.2) is 0 Å². The van der Waals surface area contributed by atoms with Gasteiger partial charge in [0.05, 0.1) is 11.6 Å². The highest BCUT2D eigenvalue weighted by Crippen LogP contribution is 2.39. The molecule has 35 heavy (non-hydrogen) atoms. The van der Waals surface area contributed by atoms with Gasteiger partial charge in [0, 0.05) is 28.0 Å². The molecule has 0 N–H and O–H groups in total. The van der Waals surface area contributed by atoms with Gasteiger partial charge in [-0.15, -0.1) is 11.3 Å². The molecule has 5 rings (SSSR count). The molecule has 0 bridgehead atoms. The number of thiophene rings is 1. The normalized spacial score (nSPS) is 17.7. The number of benzene rings is 2. The van der Waals surface area contributed by atoms with E-state index in [1.54, 1.807) is 28.4 Å². The lowest BCUT2D eigenvalue weighted by Crippen LogP contribution is -2.47. The van der Waals surface area contributed by atoms with Crippen LogP contribution in [-0.4, -0.2) is 40.7 Å². The molecule has 2 heterocycles. The molecule has 3 aromatic rings. The third-order valence-corrected chi connectivity index (χ3v) is 7.71. The third kappa shape index (κ3) is 4.95. The maximum atomic E-state index is 13.6. The maximum absolute atomic E-state index is 13.6. The average Bonchev–Trinajstić information content (AvgIpc) is 3.57. The fourth-order valence-corrected chi connectivity index (χ4v) is 5.60. The molecule has 0 radical (unpaired) electrons. The Labute approximate surface area is 209 Å². The van der Waals surface area contributed by atoms with E-state index in [-0.39, 0.29) is 30.1 Å². The molecule has 1 saturated carbocycles. The van der Waals surface area contributed by atoms with Crippen LogP contribution < -0.4 is 0 Å². The molecule has 4 nitrogen and oxygen atoms in total. The zero-order valence-corrected chi connectivity index (χ0v) is 20.2. The van der Waals surface area contributed by atoms with Crippen molar-refractivity contribution in [3.05, 3.63) is 92.1 Å². The Balaban J connectivity index is 1.42. The standard InChI is InChI=1S/C26H22ClF3N2O2S/c27-19-6-4-16(5-7-19)24-21-11-13-35-22(21)10-12-31(24)23(33)15-32(20-8-9-20)25(34)17-2-1-3-18(14-17)26(28,29)30/h1-7,11,13-14,20,24H,8-10,12,15H2. The van der Waals surface area contributed by atoms with Crippen LogP contribution in [-0.2, 0) is 17.4 Å². The average molecular weight is 519 g/mol. The van der Waals surface area contributed by atoms with Gasteiger partial charge >= 0.3 is 6.18 Å². The van der Waals surface area contributed by atoms with E-state index in [4.69, 9.17) is 11.6 Å². The van der Waals surface area contributed by atoms with Crippen LogP contribution in [0.15, 0.2) is 60.0 Å². The highest BCUT2D eigenvalue weighted by Gasteiger charge is 2.39. The molecule has 1 aliphatic heterocycles. The Bertz CT molecular complexity index is 1250. The lowest BCUT2D eigenvalue weighted by atomic mass is 9.93. The second-order valence-corrected chi connectivity index (χ2v) is 10.3. The zero-order valence-electron chi connectivity index (χ0n) is 18.6. The third-order valence-electron chi connectivity index (χ3n) is 6.46. The number of nitrogens with zero attached hydrogens (tertiary/aromatic N) is 2. The maximum Gasteiger partial charge on any atom is 0.416 e. The summed E-state index contributed by atoms with van der Waals surface area (Å²) in [5.41, 5.74) is 1.03. The first-order chi connectivity index (χ1) is 16.7. The van der Waals surface area contributed by atoms with Crippen LogP contribution in [0.25, 0.3) is 0 Å². The summed E-state index contributed by atoms with van der Waals surface area (Å²) in [6.45, 7) is 0.319. The second-order valence-electron chi connectivity index (χ2n) is 8.83. The molecule has 0 saturated heterocycles. The molecule has 182 valence electrons. The summed E-state index contributed by atoms with van der Waals surface area (Å²) in [4.78, 5) is 31.3. The fourth-order valence-electron chi connectivity index (χ4n) is 4.57. The predicted molar refractivity (Wildman–Crippen MR) is 129 cm³/mol. The fraction of sp³-hybridized carbons (Fsp3) is 0.308. The van der Waals surface area contributed by atoms with Crippen molar-refractivity contribution in [2.24, 2.45) is 0 Å².